The summed E-state index contributed by atoms with van der Waals surface area (Å²) in [6, 6.07) is 1.45. The molecular formula is C29H59N. The van der Waals surface area contributed by atoms with E-state index in [1.54, 1.807) is 0 Å². The van der Waals surface area contributed by atoms with Crippen molar-refractivity contribution in [3.05, 3.63) is 0 Å². The normalized spacial score (nSPS) is 24.3. The summed E-state index contributed by atoms with van der Waals surface area (Å²) in [6.07, 6.45) is 18.1. The van der Waals surface area contributed by atoms with Gasteiger partial charge in [0.15, 0.2) is 0 Å². The van der Waals surface area contributed by atoms with Gasteiger partial charge in [-0.2, -0.15) is 0 Å². The minimum Gasteiger partial charge on any atom is -0.310 e. The molecule has 1 rings (SSSR count). The minimum atomic E-state index is 0.467. The third-order valence-corrected chi connectivity index (χ3v) is 8.42. The van der Waals surface area contributed by atoms with Crippen LogP contribution in [-0.4, -0.2) is 12.1 Å². The van der Waals surface area contributed by atoms with E-state index in [9.17, 15) is 0 Å². The quantitative estimate of drug-likeness (QED) is 0.245. The van der Waals surface area contributed by atoms with Gasteiger partial charge in [-0.3, -0.25) is 0 Å². The largest absolute Gasteiger partial charge is 0.310 e. The van der Waals surface area contributed by atoms with Gasteiger partial charge in [0.2, 0.25) is 0 Å². The van der Waals surface area contributed by atoms with E-state index in [2.05, 4.69) is 67.6 Å². The van der Waals surface area contributed by atoms with E-state index in [0.29, 0.717) is 10.8 Å². The van der Waals surface area contributed by atoms with E-state index in [1.807, 2.05) is 0 Å². The molecule has 1 fully saturated rings. The lowest BCUT2D eigenvalue weighted by Gasteiger charge is -2.53. The molecule has 0 bridgehead atoms. The van der Waals surface area contributed by atoms with Crippen molar-refractivity contribution in [1.29, 1.82) is 0 Å². The summed E-state index contributed by atoms with van der Waals surface area (Å²) >= 11 is 0. The molecule has 1 N–H and O–H groups in total. The molecule has 1 saturated carbocycles. The summed E-state index contributed by atoms with van der Waals surface area (Å²) in [5.74, 6) is 2.65. The molecule has 5 unspecified atom stereocenters. The van der Waals surface area contributed by atoms with Crippen LogP contribution < -0.4 is 5.32 Å². The number of unbranched alkanes of at least 4 members (excludes halogenated alkanes) is 2. The second kappa shape index (κ2) is 13.5. The van der Waals surface area contributed by atoms with E-state index in [4.69, 9.17) is 0 Å². The van der Waals surface area contributed by atoms with Gasteiger partial charge in [-0.25, -0.2) is 0 Å². The van der Waals surface area contributed by atoms with Crippen LogP contribution in [0.2, 0.25) is 0 Å². The van der Waals surface area contributed by atoms with E-state index >= 15 is 0 Å². The van der Waals surface area contributed by atoms with Gasteiger partial charge in [0.25, 0.3) is 0 Å². The lowest BCUT2D eigenvalue weighted by molar-refractivity contribution is 0.0123. The molecule has 0 aromatic heterocycles. The standard InChI is InChI=1S/C29H59N/c1-10-12-17-23(3)18-15-19-25(16-11-2)26(20-13-14-21-28(5,6)7)30-27-22-24(4)29(27,8)9/h23-27,30H,10-22H2,1-9H3. The summed E-state index contributed by atoms with van der Waals surface area (Å²) in [5.41, 5.74) is 0.945. The Labute approximate surface area is 192 Å². The van der Waals surface area contributed by atoms with Crippen molar-refractivity contribution >= 4 is 0 Å². The molecule has 0 amide bonds. The van der Waals surface area contributed by atoms with Gasteiger partial charge in [-0.05, 0) is 60.7 Å². The van der Waals surface area contributed by atoms with Crippen molar-refractivity contribution in [3.8, 4) is 0 Å². The molecule has 0 saturated heterocycles. The Balaban J connectivity index is 2.65. The van der Waals surface area contributed by atoms with Crippen LogP contribution in [0.1, 0.15) is 146 Å². The highest BCUT2D eigenvalue weighted by Gasteiger charge is 2.46. The molecule has 1 heteroatoms. The van der Waals surface area contributed by atoms with Crippen LogP contribution >= 0.6 is 0 Å². The molecule has 180 valence electrons. The zero-order chi connectivity index (χ0) is 22.8. The number of hydrogen-bond acceptors (Lipinski definition) is 1. The molecule has 1 aliphatic carbocycles. The lowest BCUT2D eigenvalue weighted by atomic mass is 9.59. The van der Waals surface area contributed by atoms with E-state index < -0.39 is 0 Å². The fraction of sp³-hybridized carbons (Fsp3) is 1.00. The Hall–Kier alpha value is -0.0400. The first-order chi connectivity index (χ1) is 14.0. The lowest BCUT2D eigenvalue weighted by Crippen LogP contribution is -2.59. The summed E-state index contributed by atoms with van der Waals surface area (Å²) < 4.78 is 0. The predicted octanol–water partition coefficient (Wildman–Crippen LogP) is 9.40. The second-order valence-corrected chi connectivity index (χ2v) is 12.8. The number of nitrogens with one attached hydrogen (secondary N) is 1. The monoisotopic (exact) mass is 421 g/mol. The maximum atomic E-state index is 4.23. The Morgan fingerprint density at radius 2 is 1.53 bits per heavy atom. The fourth-order valence-electron chi connectivity index (χ4n) is 5.50. The summed E-state index contributed by atoms with van der Waals surface area (Å²) in [4.78, 5) is 0. The van der Waals surface area contributed by atoms with Gasteiger partial charge in [-0.1, -0.05) is 114 Å². The van der Waals surface area contributed by atoms with Crippen LogP contribution in [0.4, 0.5) is 0 Å². The zero-order valence-corrected chi connectivity index (χ0v) is 22.6. The SMILES string of the molecule is CCCCC(C)CCCC(CCC)C(CCCCC(C)(C)C)NC1CC(C)C1(C)C. The van der Waals surface area contributed by atoms with E-state index in [-0.39, 0.29) is 0 Å². The van der Waals surface area contributed by atoms with Crippen molar-refractivity contribution in [2.75, 3.05) is 0 Å². The van der Waals surface area contributed by atoms with Gasteiger partial charge in [0.1, 0.15) is 0 Å². The molecule has 30 heavy (non-hydrogen) atoms. The molecule has 0 heterocycles. The molecular weight excluding hydrogens is 362 g/mol. The highest BCUT2D eigenvalue weighted by atomic mass is 15.0. The molecule has 0 aromatic carbocycles. The van der Waals surface area contributed by atoms with Crippen LogP contribution in [0.5, 0.6) is 0 Å². The number of rotatable bonds is 16. The second-order valence-electron chi connectivity index (χ2n) is 12.8. The highest BCUT2D eigenvalue weighted by molar-refractivity contribution is 5.01. The Morgan fingerprint density at radius 3 is 2.07 bits per heavy atom. The van der Waals surface area contributed by atoms with Gasteiger partial charge >= 0.3 is 0 Å². The zero-order valence-electron chi connectivity index (χ0n) is 22.6. The van der Waals surface area contributed by atoms with Crippen molar-refractivity contribution < 1.29 is 0 Å². The van der Waals surface area contributed by atoms with Crippen LogP contribution in [0.15, 0.2) is 0 Å². The smallest absolute Gasteiger partial charge is 0.0126 e. The van der Waals surface area contributed by atoms with E-state index in [1.165, 1.54) is 83.5 Å². The maximum absolute atomic E-state index is 4.23. The first-order valence-electron chi connectivity index (χ1n) is 13.8. The summed E-state index contributed by atoms with van der Waals surface area (Å²) in [7, 11) is 0. The van der Waals surface area contributed by atoms with E-state index in [0.717, 1.165) is 29.8 Å². The van der Waals surface area contributed by atoms with Gasteiger partial charge in [-0.15, -0.1) is 0 Å². The molecule has 0 aromatic rings. The topological polar surface area (TPSA) is 12.0 Å². The van der Waals surface area contributed by atoms with Crippen LogP contribution in [0.3, 0.4) is 0 Å². The molecule has 0 spiro atoms. The molecule has 1 aliphatic rings. The van der Waals surface area contributed by atoms with Crippen molar-refractivity contribution in [2.45, 2.75) is 158 Å². The van der Waals surface area contributed by atoms with Crippen molar-refractivity contribution in [1.82, 2.24) is 5.32 Å². The third-order valence-electron chi connectivity index (χ3n) is 8.42. The van der Waals surface area contributed by atoms with Crippen molar-refractivity contribution in [3.63, 3.8) is 0 Å². The third kappa shape index (κ3) is 10.1. The summed E-state index contributed by atoms with van der Waals surface area (Å²) in [6.45, 7) is 21.8. The fourth-order valence-corrected chi connectivity index (χ4v) is 5.50. The molecule has 0 radical (unpaired) electrons. The molecule has 0 aliphatic heterocycles. The average molecular weight is 422 g/mol. The predicted molar refractivity (Wildman–Crippen MR) is 137 cm³/mol. The van der Waals surface area contributed by atoms with Gasteiger partial charge in [0, 0.05) is 12.1 Å². The minimum absolute atomic E-state index is 0.467. The maximum Gasteiger partial charge on any atom is 0.0126 e. The Morgan fingerprint density at radius 1 is 0.867 bits per heavy atom. The van der Waals surface area contributed by atoms with Gasteiger partial charge in [0.05, 0.1) is 0 Å². The Kier molecular flexibility index (Phi) is 12.6. The average Bonchev–Trinajstić information content (AvgIpc) is 2.66. The molecule has 1 nitrogen and oxygen atoms in total. The van der Waals surface area contributed by atoms with Crippen LogP contribution in [-0.2, 0) is 0 Å². The van der Waals surface area contributed by atoms with Crippen LogP contribution in [0.25, 0.3) is 0 Å². The highest BCUT2D eigenvalue weighted by Crippen LogP contribution is 2.46. The Bertz CT molecular complexity index is 432. The number of hydrogen-bond donors (Lipinski definition) is 1. The van der Waals surface area contributed by atoms with Gasteiger partial charge < -0.3 is 5.32 Å². The molecule has 5 atom stereocenters. The first-order valence-corrected chi connectivity index (χ1v) is 13.8. The van der Waals surface area contributed by atoms with Crippen LogP contribution in [0, 0.1) is 28.6 Å². The van der Waals surface area contributed by atoms with Crippen molar-refractivity contribution in [2.24, 2.45) is 28.6 Å². The first kappa shape index (κ1) is 28.0. The summed E-state index contributed by atoms with van der Waals surface area (Å²) in [5, 5.41) is 4.23.